The van der Waals surface area contributed by atoms with Crippen LogP contribution in [0.4, 0.5) is 9.93 Å². The molecule has 1 aliphatic heterocycles. The summed E-state index contributed by atoms with van der Waals surface area (Å²) in [4.78, 5) is 20.9. The van der Waals surface area contributed by atoms with Gasteiger partial charge in [0.05, 0.1) is 11.5 Å². The van der Waals surface area contributed by atoms with Crippen LogP contribution in [-0.2, 0) is 11.3 Å². The van der Waals surface area contributed by atoms with Crippen molar-refractivity contribution in [3.8, 4) is 0 Å². The number of thiazole rings is 1. The zero-order valence-corrected chi connectivity index (χ0v) is 12.9. The van der Waals surface area contributed by atoms with Gasteiger partial charge in [-0.15, -0.1) is 0 Å². The minimum absolute atomic E-state index is 0.0234. The van der Waals surface area contributed by atoms with E-state index in [9.17, 15) is 4.79 Å². The lowest BCUT2D eigenvalue weighted by atomic mass is 10.2. The number of aliphatic hydroxyl groups is 1. The number of rotatable bonds is 2. The van der Waals surface area contributed by atoms with Gasteiger partial charge in [-0.05, 0) is 20.8 Å². The fourth-order valence-electron chi connectivity index (χ4n) is 1.92. The Morgan fingerprint density at radius 3 is 2.55 bits per heavy atom. The highest BCUT2D eigenvalue weighted by molar-refractivity contribution is 7.15. The number of anilines is 1. The molecule has 1 amide bonds. The van der Waals surface area contributed by atoms with E-state index in [0.29, 0.717) is 13.1 Å². The number of hydrogen-bond acceptors (Lipinski definition) is 6. The van der Waals surface area contributed by atoms with Gasteiger partial charge in [-0.25, -0.2) is 9.78 Å². The zero-order chi connectivity index (χ0) is 14.8. The molecule has 1 aromatic rings. The predicted molar refractivity (Wildman–Crippen MR) is 78.1 cm³/mol. The maximum absolute atomic E-state index is 11.9. The van der Waals surface area contributed by atoms with Crippen LogP contribution in [0.3, 0.4) is 0 Å². The topological polar surface area (TPSA) is 65.9 Å². The van der Waals surface area contributed by atoms with E-state index in [1.165, 1.54) is 11.3 Å². The van der Waals surface area contributed by atoms with Gasteiger partial charge in [0.25, 0.3) is 0 Å². The second-order valence-corrected chi connectivity index (χ2v) is 6.82. The van der Waals surface area contributed by atoms with E-state index < -0.39 is 5.60 Å². The van der Waals surface area contributed by atoms with Crippen molar-refractivity contribution in [2.45, 2.75) is 33.0 Å². The van der Waals surface area contributed by atoms with Crippen LogP contribution in [-0.4, -0.2) is 52.9 Å². The number of hydrogen-bond donors (Lipinski definition) is 1. The third-order valence-corrected chi connectivity index (χ3v) is 3.94. The molecule has 1 fully saturated rings. The van der Waals surface area contributed by atoms with Gasteiger partial charge in [0, 0.05) is 32.4 Å². The van der Waals surface area contributed by atoms with Crippen molar-refractivity contribution in [2.75, 3.05) is 31.1 Å². The molecule has 0 radical (unpaired) electrons. The van der Waals surface area contributed by atoms with Crippen molar-refractivity contribution in [1.29, 1.82) is 0 Å². The first-order valence-electron chi connectivity index (χ1n) is 6.67. The number of aliphatic hydroxyl groups excluding tert-OH is 1. The highest BCUT2D eigenvalue weighted by Gasteiger charge is 2.26. The lowest BCUT2D eigenvalue weighted by molar-refractivity contribution is 0.0240. The van der Waals surface area contributed by atoms with Gasteiger partial charge in [-0.3, -0.25) is 0 Å². The molecule has 0 aromatic carbocycles. The highest BCUT2D eigenvalue weighted by Crippen LogP contribution is 2.23. The van der Waals surface area contributed by atoms with Crippen LogP contribution < -0.4 is 4.90 Å². The molecule has 20 heavy (non-hydrogen) atoms. The molecule has 112 valence electrons. The molecule has 0 aliphatic carbocycles. The monoisotopic (exact) mass is 299 g/mol. The van der Waals surface area contributed by atoms with Crippen molar-refractivity contribution in [1.82, 2.24) is 9.88 Å². The molecular formula is C13H21N3O3S. The van der Waals surface area contributed by atoms with Crippen LogP contribution in [0.15, 0.2) is 6.20 Å². The number of piperazine rings is 1. The Labute approximate surface area is 123 Å². The van der Waals surface area contributed by atoms with E-state index in [-0.39, 0.29) is 12.7 Å². The summed E-state index contributed by atoms with van der Waals surface area (Å²) in [5.41, 5.74) is -0.459. The Hall–Kier alpha value is -1.34. The first-order valence-corrected chi connectivity index (χ1v) is 7.49. The molecule has 1 saturated heterocycles. The molecule has 1 aromatic heterocycles. The third kappa shape index (κ3) is 3.83. The molecule has 1 aliphatic rings. The summed E-state index contributed by atoms with van der Waals surface area (Å²) in [7, 11) is 0. The molecule has 0 atom stereocenters. The van der Waals surface area contributed by atoms with Gasteiger partial charge >= 0.3 is 6.09 Å². The molecule has 1 N–H and O–H groups in total. The molecule has 7 heteroatoms. The van der Waals surface area contributed by atoms with E-state index in [0.717, 1.165) is 23.1 Å². The average molecular weight is 299 g/mol. The van der Waals surface area contributed by atoms with Crippen LogP contribution >= 0.6 is 11.3 Å². The summed E-state index contributed by atoms with van der Waals surface area (Å²) >= 11 is 1.49. The van der Waals surface area contributed by atoms with Crippen LogP contribution in [0.5, 0.6) is 0 Å². The van der Waals surface area contributed by atoms with E-state index in [1.54, 1.807) is 11.1 Å². The molecule has 2 heterocycles. The van der Waals surface area contributed by atoms with Gasteiger partial charge in [-0.1, -0.05) is 11.3 Å². The Morgan fingerprint density at radius 1 is 1.40 bits per heavy atom. The quantitative estimate of drug-likeness (QED) is 0.900. The van der Waals surface area contributed by atoms with Crippen molar-refractivity contribution in [3.63, 3.8) is 0 Å². The van der Waals surface area contributed by atoms with Crippen molar-refractivity contribution >= 4 is 22.6 Å². The van der Waals surface area contributed by atoms with Crippen LogP contribution in [0.25, 0.3) is 0 Å². The standard InChI is InChI=1S/C13H21N3O3S/c1-13(2,3)19-12(18)16-6-4-15(5-7-16)11-14-8-10(9-17)20-11/h8,17H,4-7,9H2,1-3H3. The summed E-state index contributed by atoms with van der Waals surface area (Å²) in [5, 5.41) is 9.96. The fourth-order valence-corrected chi connectivity index (χ4v) is 2.74. The predicted octanol–water partition coefficient (Wildman–Crippen LogP) is 1.69. The van der Waals surface area contributed by atoms with Crippen molar-refractivity contribution in [3.05, 3.63) is 11.1 Å². The van der Waals surface area contributed by atoms with E-state index in [2.05, 4.69) is 9.88 Å². The van der Waals surface area contributed by atoms with Gasteiger partial charge in [-0.2, -0.15) is 0 Å². The number of nitrogens with zero attached hydrogens (tertiary/aromatic N) is 3. The lowest BCUT2D eigenvalue weighted by Gasteiger charge is -2.35. The summed E-state index contributed by atoms with van der Waals surface area (Å²) < 4.78 is 5.36. The number of carbonyl (C=O) groups is 1. The summed E-state index contributed by atoms with van der Waals surface area (Å²) in [5.74, 6) is 0. The summed E-state index contributed by atoms with van der Waals surface area (Å²) in [6, 6.07) is 0. The minimum Gasteiger partial charge on any atom is -0.444 e. The van der Waals surface area contributed by atoms with Gasteiger partial charge in [0.1, 0.15) is 5.60 Å². The smallest absolute Gasteiger partial charge is 0.410 e. The maximum Gasteiger partial charge on any atom is 0.410 e. The van der Waals surface area contributed by atoms with Crippen molar-refractivity contribution < 1.29 is 14.6 Å². The number of amides is 1. The van der Waals surface area contributed by atoms with E-state index in [4.69, 9.17) is 9.84 Å². The second-order valence-electron chi connectivity index (χ2n) is 5.72. The van der Waals surface area contributed by atoms with Gasteiger partial charge in [0.15, 0.2) is 5.13 Å². The molecule has 0 saturated carbocycles. The highest BCUT2D eigenvalue weighted by atomic mass is 32.1. The molecule has 0 spiro atoms. The average Bonchev–Trinajstić information content (AvgIpc) is 2.85. The lowest BCUT2D eigenvalue weighted by Crippen LogP contribution is -2.50. The molecular weight excluding hydrogens is 278 g/mol. The van der Waals surface area contributed by atoms with E-state index in [1.807, 2.05) is 20.8 Å². The third-order valence-electron chi connectivity index (χ3n) is 2.90. The number of carbonyl (C=O) groups excluding carboxylic acids is 1. The normalized spacial score (nSPS) is 16.4. The van der Waals surface area contributed by atoms with Crippen LogP contribution in [0, 0.1) is 0 Å². The zero-order valence-electron chi connectivity index (χ0n) is 12.1. The van der Waals surface area contributed by atoms with Gasteiger partial charge < -0.3 is 19.6 Å². The first kappa shape index (κ1) is 15.1. The summed E-state index contributed by atoms with van der Waals surface area (Å²) in [6.45, 7) is 8.35. The number of ether oxygens (including phenoxy) is 1. The number of aromatic nitrogens is 1. The molecule has 2 rings (SSSR count). The maximum atomic E-state index is 11.9. The SMILES string of the molecule is CC(C)(C)OC(=O)N1CCN(c2ncc(CO)s2)CC1. The van der Waals surface area contributed by atoms with Gasteiger partial charge in [0.2, 0.25) is 0 Å². The largest absolute Gasteiger partial charge is 0.444 e. The van der Waals surface area contributed by atoms with Crippen LogP contribution in [0.2, 0.25) is 0 Å². The molecule has 0 bridgehead atoms. The molecule has 0 unspecified atom stereocenters. The molecule has 6 nitrogen and oxygen atoms in total. The summed E-state index contributed by atoms with van der Waals surface area (Å²) in [6.07, 6.45) is 1.44. The Kier molecular flexibility index (Phi) is 4.49. The van der Waals surface area contributed by atoms with Crippen LogP contribution in [0.1, 0.15) is 25.6 Å². The van der Waals surface area contributed by atoms with E-state index >= 15 is 0 Å². The Morgan fingerprint density at radius 2 is 2.05 bits per heavy atom. The Bertz CT molecular complexity index is 462. The van der Waals surface area contributed by atoms with Crippen molar-refractivity contribution in [2.24, 2.45) is 0 Å². The Balaban J connectivity index is 1.87. The second kappa shape index (κ2) is 5.97. The fraction of sp³-hybridized carbons (Fsp3) is 0.692. The minimum atomic E-state index is -0.459. The first-order chi connectivity index (χ1) is 9.39.